The van der Waals surface area contributed by atoms with E-state index in [1.807, 2.05) is 53.4 Å². The van der Waals surface area contributed by atoms with Crippen molar-refractivity contribution in [2.45, 2.75) is 27.5 Å². The Morgan fingerprint density at radius 1 is 1.00 bits per heavy atom. The minimum absolute atomic E-state index is 0.0377. The lowest BCUT2D eigenvalue weighted by molar-refractivity contribution is -0.127. The monoisotopic (exact) mass is 421 g/mol. The number of methoxy groups -OCH3 is 1. The predicted molar refractivity (Wildman–Crippen MR) is 118 cm³/mol. The van der Waals surface area contributed by atoms with Crippen LogP contribution in [0.25, 0.3) is 0 Å². The van der Waals surface area contributed by atoms with Gasteiger partial charge in [0.2, 0.25) is 5.91 Å². The molecule has 0 aliphatic carbocycles. The SMILES string of the molecule is COc1ccc([C@@]23C[C@H](c4ccccc4)Sc4ccccc4N2C(=O)[C@@H]3Cl)cc1. The minimum atomic E-state index is -0.603. The number of rotatable bonds is 3. The maximum absolute atomic E-state index is 13.0. The van der Waals surface area contributed by atoms with Crippen molar-refractivity contribution in [1.29, 1.82) is 0 Å². The molecule has 29 heavy (non-hydrogen) atoms. The molecule has 2 aliphatic rings. The number of hydrogen-bond donors (Lipinski definition) is 0. The van der Waals surface area contributed by atoms with Gasteiger partial charge in [0.15, 0.2) is 0 Å². The third kappa shape index (κ3) is 2.77. The molecule has 0 radical (unpaired) electrons. The van der Waals surface area contributed by atoms with Crippen molar-refractivity contribution in [3.8, 4) is 5.75 Å². The molecule has 0 unspecified atom stereocenters. The van der Waals surface area contributed by atoms with Gasteiger partial charge in [0, 0.05) is 10.1 Å². The van der Waals surface area contributed by atoms with E-state index in [-0.39, 0.29) is 11.2 Å². The summed E-state index contributed by atoms with van der Waals surface area (Å²) in [7, 11) is 1.65. The number of carbonyl (C=O) groups is 1. The summed E-state index contributed by atoms with van der Waals surface area (Å²) in [5.41, 5.74) is 2.63. The Balaban J connectivity index is 1.70. The molecule has 3 aromatic rings. The van der Waals surface area contributed by atoms with Crippen LogP contribution in [0.15, 0.2) is 83.8 Å². The Kier molecular flexibility index (Phi) is 4.56. The average Bonchev–Trinajstić information content (AvgIpc) is 2.92. The second-order valence-electron chi connectivity index (χ2n) is 7.38. The average molecular weight is 422 g/mol. The second kappa shape index (κ2) is 7.12. The first-order chi connectivity index (χ1) is 14.1. The molecule has 0 saturated carbocycles. The first-order valence-electron chi connectivity index (χ1n) is 9.58. The number of β-lactam (4-membered cyclic amide) rings is 1. The number of ether oxygens (including phenoxy) is 1. The van der Waals surface area contributed by atoms with Crippen LogP contribution in [-0.4, -0.2) is 18.4 Å². The van der Waals surface area contributed by atoms with Crippen molar-refractivity contribution in [3.05, 3.63) is 90.0 Å². The molecule has 0 bridgehead atoms. The summed E-state index contributed by atoms with van der Waals surface area (Å²) in [5.74, 6) is 0.751. The number of para-hydroxylation sites is 1. The van der Waals surface area contributed by atoms with Crippen LogP contribution in [0.5, 0.6) is 5.75 Å². The number of nitrogens with zero attached hydrogens (tertiary/aromatic N) is 1. The predicted octanol–water partition coefficient (Wildman–Crippen LogP) is 5.78. The third-order valence-corrected chi connectivity index (χ3v) is 7.76. The van der Waals surface area contributed by atoms with Crippen molar-refractivity contribution in [3.63, 3.8) is 0 Å². The Hall–Kier alpha value is -2.43. The van der Waals surface area contributed by atoms with Crippen LogP contribution in [0, 0.1) is 0 Å². The van der Waals surface area contributed by atoms with Crippen LogP contribution in [0.3, 0.4) is 0 Å². The van der Waals surface area contributed by atoms with Gasteiger partial charge in [-0.1, -0.05) is 54.6 Å². The summed E-state index contributed by atoms with van der Waals surface area (Å²) in [6, 6.07) is 26.5. The molecule has 2 heterocycles. The number of halogens is 1. The highest BCUT2D eigenvalue weighted by Gasteiger charge is 2.63. The van der Waals surface area contributed by atoms with Gasteiger partial charge in [0.05, 0.1) is 18.3 Å². The van der Waals surface area contributed by atoms with E-state index in [1.165, 1.54) is 5.56 Å². The zero-order chi connectivity index (χ0) is 20.0. The van der Waals surface area contributed by atoms with Gasteiger partial charge < -0.3 is 4.74 Å². The minimum Gasteiger partial charge on any atom is -0.497 e. The number of carbonyl (C=O) groups excluding carboxylic acids is 1. The highest BCUT2D eigenvalue weighted by molar-refractivity contribution is 7.99. The molecule has 1 amide bonds. The summed E-state index contributed by atoms with van der Waals surface area (Å²) in [6.45, 7) is 0. The molecule has 3 aromatic carbocycles. The standard InChI is InChI=1S/C24H20ClNO2S/c1-28-18-13-11-17(12-14-18)24-15-21(16-7-3-2-4-8-16)29-20-10-6-5-9-19(20)26(24)23(27)22(24)25/h2-14,21-22H,15H2,1H3/t21-,22+,24-/m1/s1. The summed E-state index contributed by atoms with van der Waals surface area (Å²) >= 11 is 8.60. The quantitative estimate of drug-likeness (QED) is 0.396. The number of anilines is 1. The van der Waals surface area contributed by atoms with Gasteiger partial charge in [-0.15, -0.1) is 23.4 Å². The molecule has 0 N–H and O–H groups in total. The molecule has 1 fully saturated rings. The molecule has 3 nitrogen and oxygen atoms in total. The van der Waals surface area contributed by atoms with Crippen LogP contribution in [-0.2, 0) is 10.3 Å². The number of fused-ring (bicyclic) bond motifs is 3. The van der Waals surface area contributed by atoms with Gasteiger partial charge in [-0.3, -0.25) is 9.69 Å². The van der Waals surface area contributed by atoms with E-state index in [2.05, 4.69) is 30.3 Å². The summed E-state index contributed by atoms with van der Waals surface area (Å²) < 4.78 is 5.34. The molecule has 146 valence electrons. The number of hydrogen-bond acceptors (Lipinski definition) is 3. The summed E-state index contributed by atoms with van der Waals surface area (Å²) in [4.78, 5) is 16.0. The van der Waals surface area contributed by atoms with E-state index in [0.717, 1.165) is 28.3 Å². The van der Waals surface area contributed by atoms with Gasteiger partial charge in [-0.2, -0.15) is 0 Å². The molecule has 5 heteroatoms. The van der Waals surface area contributed by atoms with Crippen LogP contribution in [0.2, 0.25) is 0 Å². The Bertz CT molecular complexity index is 1060. The van der Waals surface area contributed by atoms with Crippen molar-refractivity contribution in [1.82, 2.24) is 0 Å². The number of alkyl halides is 1. The highest BCUT2D eigenvalue weighted by atomic mass is 35.5. The molecular formula is C24H20ClNO2S. The number of thioether (sulfide) groups is 1. The van der Waals surface area contributed by atoms with Gasteiger partial charge in [-0.25, -0.2) is 0 Å². The smallest absolute Gasteiger partial charge is 0.248 e. The lowest BCUT2D eigenvalue weighted by Gasteiger charge is -2.55. The fraction of sp³-hybridized carbons (Fsp3) is 0.208. The van der Waals surface area contributed by atoms with Gasteiger partial charge in [0.25, 0.3) is 0 Å². The van der Waals surface area contributed by atoms with Crippen LogP contribution in [0.1, 0.15) is 22.8 Å². The van der Waals surface area contributed by atoms with E-state index in [9.17, 15) is 4.79 Å². The van der Waals surface area contributed by atoms with Crippen molar-refractivity contribution in [2.24, 2.45) is 0 Å². The van der Waals surface area contributed by atoms with E-state index in [1.54, 1.807) is 18.9 Å². The lowest BCUT2D eigenvalue weighted by atomic mass is 9.72. The zero-order valence-electron chi connectivity index (χ0n) is 15.9. The molecule has 0 spiro atoms. The molecule has 0 aromatic heterocycles. The Labute approximate surface area is 179 Å². The van der Waals surface area contributed by atoms with E-state index in [0.29, 0.717) is 0 Å². The first-order valence-corrected chi connectivity index (χ1v) is 10.9. The molecule has 3 atom stereocenters. The maximum Gasteiger partial charge on any atom is 0.248 e. The van der Waals surface area contributed by atoms with Crippen LogP contribution < -0.4 is 9.64 Å². The van der Waals surface area contributed by atoms with Crippen molar-refractivity contribution >= 4 is 35.0 Å². The maximum atomic E-state index is 13.0. The third-order valence-electron chi connectivity index (χ3n) is 5.89. The normalized spacial score (nSPS) is 25.4. The lowest BCUT2D eigenvalue weighted by Crippen LogP contribution is -2.70. The topological polar surface area (TPSA) is 29.5 Å². The van der Waals surface area contributed by atoms with Crippen LogP contribution >= 0.6 is 23.4 Å². The molecule has 5 rings (SSSR count). The zero-order valence-corrected chi connectivity index (χ0v) is 17.5. The van der Waals surface area contributed by atoms with Crippen LogP contribution in [0.4, 0.5) is 5.69 Å². The number of amides is 1. The van der Waals surface area contributed by atoms with E-state index < -0.39 is 10.9 Å². The Morgan fingerprint density at radius 3 is 2.41 bits per heavy atom. The number of benzene rings is 3. The molecule has 1 saturated heterocycles. The first kappa shape index (κ1) is 18.6. The van der Waals surface area contributed by atoms with Crippen molar-refractivity contribution < 1.29 is 9.53 Å². The van der Waals surface area contributed by atoms with Crippen molar-refractivity contribution in [2.75, 3.05) is 12.0 Å². The summed E-state index contributed by atoms with van der Waals surface area (Å²) in [5, 5.41) is -0.423. The van der Waals surface area contributed by atoms with E-state index >= 15 is 0 Å². The molecular weight excluding hydrogens is 402 g/mol. The van der Waals surface area contributed by atoms with Gasteiger partial charge in [-0.05, 0) is 41.8 Å². The van der Waals surface area contributed by atoms with Gasteiger partial charge in [0.1, 0.15) is 11.1 Å². The summed E-state index contributed by atoms with van der Waals surface area (Å²) in [6.07, 6.45) is 0.739. The second-order valence-corrected chi connectivity index (χ2v) is 9.06. The molecule has 2 aliphatic heterocycles. The van der Waals surface area contributed by atoms with Gasteiger partial charge >= 0.3 is 0 Å². The Morgan fingerprint density at radius 2 is 1.69 bits per heavy atom. The van der Waals surface area contributed by atoms with E-state index in [4.69, 9.17) is 16.3 Å². The fourth-order valence-corrected chi connectivity index (χ4v) is 6.22. The largest absolute Gasteiger partial charge is 0.497 e. The highest BCUT2D eigenvalue weighted by Crippen LogP contribution is 2.60. The fourth-order valence-electron chi connectivity index (χ4n) is 4.44.